The fraction of sp³-hybridized carbons (Fsp3) is 0.448. The summed E-state index contributed by atoms with van der Waals surface area (Å²) in [6.07, 6.45) is -11.4. The number of aliphatic imine (C=N–C) groups is 1. The molecule has 43 heavy (non-hydrogen) atoms. The molecule has 2 unspecified atom stereocenters. The van der Waals surface area contributed by atoms with Crippen molar-refractivity contribution in [3.8, 4) is 5.75 Å². The van der Waals surface area contributed by atoms with Gasteiger partial charge in [0.05, 0.1) is 17.5 Å². The van der Waals surface area contributed by atoms with Crippen molar-refractivity contribution >= 4 is 29.1 Å². The molecule has 2 aliphatic rings. The van der Waals surface area contributed by atoms with Crippen LogP contribution in [-0.4, -0.2) is 48.1 Å². The first-order valence-electron chi connectivity index (χ1n) is 13.5. The fourth-order valence-electron chi connectivity index (χ4n) is 4.05. The highest BCUT2D eigenvalue weighted by Crippen LogP contribution is 2.37. The number of nitrogens with one attached hydrogen (secondary N) is 2. The maximum Gasteiger partial charge on any atom is 0.389 e. The average molecular weight is 615 g/mol. The Kier molecular flexibility index (Phi) is 10.8. The van der Waals surface area contributed by atoms with Gasteiger partial charge in [0.1, 0.15) is 5.75 Å². The molecular formula is C29H32F6N4O4. The first kappa shape index (κ1) is 33.4. The summed E-state index contributed by atoms with van der Waals surface area (Å²) >= 11 is 0. The van der Waals surface area contributed by atoms with E-state index >= 15 is 0 Å². The zero-order valence-corrected chi connectivity index (χ0v) is 23.4. The number of fused-ring (bicyclic) bond motifs is 1. The zero-order chi connectivity index (χ0) is 31.9. The summed E-state index contributed by atoms with van der Waals surface area (Å²) in [6, 6.07) is 12.7. The Bertz CT molecular complexity index is 1360. The van der Waals surface area contributed by atoms with Gasteiger partial charge in [-0.05, 0) is 38.3 Å². The van der Waals surface area contributed by atoms with E-state index in [0.29, 0.717) is 28.3 Å². The van der Waals surface area contributed by atoms with Crippen molar-refractivity contribution in [1.29, 1.82) is 0 Å². The Morgan fingerprint density at radius 1 is 1.09 bits per heavy atom. The van der Waals surface area contributed by atoms with Crippen LogP contribution in [0.4, 0.5) is 32.0 Å². The maximum absolute atomic E-state index is 13.2. The number of hydrogen-bond donors (Lipinski definition) is 3. The monoisotopic (exact) mass is 614 g/mol. The van der Waals surface area contributed by atoms with Gasteiger partial charge in [0.2, 0.25) is 18.0 Å². The number of halogens is 6. The summed E-state index contributed by atoms with van der Waals surface area (Å²) in [4.78, 5) is 42.1. The average Bonchev–Trinajstić information content (AvgIpc) is 3.74. The molecule has 14 heteroatoms. The third-order valence-electron chi connectivity index (χ3n) is 6.42. The molecule has 4 rings (SSSR count). The van der Waals surface area contributed by atoms with Crippen LogP contribution in [0.15, 0.2) is 47.5 Å². The van der Waals surface area contributed by atoms with Gasteiger partial charge in [-0.2, -0.15) is 26.3 Å². The number of benzodiazepines with no additional fused rings is 1. The maximum atomic E-state index is 13.2. The number of carbonyl (C=O) groups excluding carboxylic acids is 3. The van der Waals surface area contributed by atoms with E-state index in [9.17, 15) is 40.7 Å². The number of hydrogen-bond acceptors (Lipinski definition) is 5. The Balaban J connectivity index is 0.000000765. The Morgan fingerprint density at radius 3 is 2.30 bits per heavy atom. The van der Waals surface area contributed by atoms with Crippen LogP contribution in [0.3, 0.4) is 0 Å². The molecule has 0 aromatic heterocycles. The van der Waals surface area contributed by atoms with Crippen LogP contribution in [0.1, 0.15) is 62.1 Å². The van der Waals surface area contributed by atoms with Gasteiger partial charge < -0.3 is 21.1 Å². The van der Waals surface area contributed by atoms with Crippen LogP contribution >= 0.6 is 0 Å². The molecule has 1 fully saturated rings. The molecule has 0 saturated heterocycles. The number of anilines is 1. The van der Waals surface area contributed by atoms with Crippen molar-refractivity contribution in [2.75, 3.05) is 5.32 Å². The fourth-order valence-corrected chi connectivity index (χ4v) is 4.05. The molecule has 4 N–H and O–H groups in total. The van der Waals surface area contributed by atoms with E-state index in [2.05, 4.69) is 15.6 Å². The molecule has 3 amide bonds. The second kappa shape index (κ2) is 13.9. The molecule has 1 heterocycles. The molecule has 0 bridgehead atoms. The van der Waals surface area contributed by atoms with Crippen LogP contribution < -0.4 is 21.1 Å². The van der Waals surface area contributed by atoms with E-state index in [4.69, 9.17) is 10.5 Å². The lowest BCUT2D eigenvalue weighted by Crippen LogP contribution is -2.45. The molecule has 0 spiro atoms. The second-order valence-electron chi connectivity index (χ2n) is 10.2. The largest absolute Gasteiger partial charge is 0.488 e. The Morgan fingerprint density at radius 2 is 1.74 bits per heavy atom. The first-order chi connectivity index (χ1) is 20.1. The van der Waals surface area contributed by atoms with Gasteiger partial charge in [-0.1, -0.05) is 42.8 Å². The number of ether oxygens (including phenoxy) is 1. The summed E-state index contributed by atoms with van der Waals surface area (Å²) in [5.74, 6) is -3.46. The molecule has 234 valence electrons. The van der Waals surface area contributed by atoms with Crippen molar-refractivity contribution in [3.05, 3.63) is 59.2 Å². The summed E-state index contributed by atoms with van der Waals surface area (Å²) < 4.78 is 76.7. The van der Waals surface area contributed by atoms with E-state index in [0.717, 1.165) is 25.3 Å². The minimum Gasteiger partial charge on any atom is -0.488 e. The normalized spacial score (nSPS) is 17.3. The molecule has 1 aliphatic carbocycles. The molecule has 2 atom stereocenters. The Hall–Kier alpha value is -4.10. The van der Waals surface area contributed by atoms with Crippen LogP contribution in [0.2, 0.25) is 0 Å². The number of benzene rings is 2. The van der Waals surface area contributed by atoms with E-state index in [1.54, 1.807) is 24.3 Å². The third kappa shape index (κ3) is 10.6. The lowest BCUT2D eigenvalue weighted by molar-refractivity contribution is -0.143. The van der Waals surface area contributed by atoms with Gasteiger partial charge >= 0.3 is 12.4 Å². The number of amides is 3. The molecule has 2 aromatic carbocycles. The molecule has 0 radical (unpaired) electrons. The number of alkyl halides is 6. The summed E-state index contributed by atoms with van der Waals surface area (Å²) in [5, 5.41) is 5.18. The van der Waals surface area contributed by atoms with Crippen LogP contribution in [0, 0.1) is 12.8 Å². The highest BCUT2D eigenvalue weighted by Gasteiger charge is 2.35. The van der Waals surface area contributed by atoms with Gasteiger partial charge in [0.25, 0.3) is 5.91 Å². The first-order valence-corrected chi connectivity index (χ1v) is 13.5. The second-order valence-corrected chi connectivity index (χ2v) is 10.2. The van der Waals surface area contributed by atoms with E-state index in [1.807, 2.05) is 25.1 Å². The van der Waals surface area contributed by atoms with Gasteiger partial charge in [-0.3, -0.25) is 14.4 Å². The van der Waals surface area contributed by atoms with Gasteiger partial charge in [0, 0.05) is 36.3 Å². The van der Waals surface area contributed by atoms with Gasteiger partial charge in [-0.25, -0.2) is 4.99 Å². The van der Waals surface area contributed by atoms with E-state index in [-0.39, 0.29) is 6.10 Å². The van der Waals surface area contributed by atoms with Crippen molar-refractivity contribution < 1.29 is 45.5 Å². The molecule has 2 aromatic rings. The number of primary amides is 1. The van der Waals surface area contributed by atoms with Crippen molar-refractivity contribution in [1.82, 2.24) is 5.32 Å². The van der Waals surface area contributed by atoms with Gasteiger partial charge in [0.15, 0.2) is 0 Å². The predicted molar refractivity (Wildman–Crippen MR) is 146 cm³/mol. The van der Waals surface area contributed by atoms with E-state index in [1.165, 1.54) is 0 Å². The zero-order valence-electron chi connectivity index (χ0n) is 23.4. The summed E-state index contributed by atoms with van der Waals surface area (Å²) in [7, 11) is 0. The highest BCUT2D eigenvalue weighted by atomic mass is 19.4. The smallest absolute Gasteiger partial charge is 0.389 e. The minimum absolute atomic E-state index is 0.0460. The summed E-state index contributed by atoms with van der Waals surface area (Å²) in [5.41, 5.74) is 8.13. The number of carbonyl (C=O) groups is 3. The van der Waals surface area contributed by atoms with Gasteiger partial charge in [-0.15, -0.1) is 0 Å². The molecule has 8 nitrogen and oxygen atoms in total. The SMILES string of the molecule is CCC(F)(F)F.Cc1cccc(C2=NC(NC(=O)C(CCC(F)(F)F)CC(N)=O)C(=O)Nc3c(OC4CC4)cccc32)c1. The van der Waals surface area contributed by atoms with Crippen LogP contribution in [0.25, 0.3) is 0 Å². The predicted octanol–water partition coefficient (Wildman–Crippen LogP) is 5.56. The molecule has 1 aliphatic heterocycles. The lowest BCUT2D eigenvalue weighted by Gasteiger charge is -2.19. The number of para-hydroxylation sites is 1. The molecule has 1 saturated carbocycles. The number of aryl methyl sites for hydroxylation is 1. The quantitative estimate of drug-likeness (QED) is 0.320. The number of nitrogens with zero attached hydrogens (tertiary/aromatic N) is 1. The summed E-state index contributed by atoms with van der Waals surface area (Å²) in [6.45, 7) is 2.98. The number of rotatable bonds is 9. The highest BCUT2D eigenvalue weighted by molar-refractivity contribution is 6.20. The van der Waals surface area contributed by atoms with E-state index < -0.39 is 67.8 Å². The van der Waals surface area contributed by atoms with Crippen molar-refractivity contribution in [2.24, 2.45) is 16.6 Å². The van der Waals surface area contributed by atoms with Crippen molar-refractivity contribution in [3.63, 3.8) is 0 Å². The standard InChI is InChI=1S/C26H27F3N4O4.C3H5F3/c1-14-4-2-5-15(12-14)21-18-6-3-7-19(37-17-8-9-17)22(18)32-25(36)23(31-21)33-24(35)16(13-20(30)34)10-11-26(27,28)29;1-2-3(4,5)6/h2-7,12,16-17,23H,8-11,13H2,1H3,(H2,30,34)(H,32,36)(H,33,35);2H2,1H3. The number of nitrogens with two attached hydrogens (primary N) is 1. The topological polar surface area (TPSA) is 123 Å². The van der Waals surface area contributed by atoms with Crippen LogP contribution in [-0.2, 0) is 14.4 Å². The lowest BCUT2D eigenvalue weighted by atomic mass is 9.97. The third-order valence-corrected chi connectivity index (χ3v) is 6.42. The Labute approximate surface area is 244 Å². The molecular weight excluding hydrogens is 582 g/mol. The van der Waals surface area contributed by atoms with Crippen molar-refractivity contribution in [2.45, 2.75) is 77.0 Å². The minimum atomic E-state index is -4.52. The van der Waals surface area contributed by atoms with Crippen LogP contribution in [0.5, 0.6) is 5.75 Å².